The fraction of sp³-hybridized carbons (Fsp3) is 0.250. The molecular weight excluding hydrogens is 270 g/mol. The van der Waals surface area contributed by atoms with Gasteiger partial charge < -0.3 is 4.90 Å². The van der Waals surface area contributed by atoms with Gasteiger partial charge in [0.15, 0.2) is 5.78 Å². The molecule has 0 spiro atoms. The van der Waals surface area contributed by atoms with Crippen molar-refractivity contribution in [3.63, 3.8) is 0 Å². The van der Waals surface area contributed by atoms with Gasteiger partial charge in [-0.05, 0) is 55.0 Å². The average molecular weight is 285 g/mol. The zero-order valence-corrected chi connectivity index (χ0v) is 12.1. The Morgan fingerprint density at radius 2 is 2.10 bits per heavy atom. The minimum Gasteiger partial charge on any atom is -0.307 e. The normalized spacial score (nSPS) is 13.9. The van der Waals surface area contributed by atoms with Gasteiger partial charge in [0, 0.05) is 17.8 Å². The average Bonchev–Trinajstić information content (AvgIpc) is 2.99. The third-order valence-corrected chi connectivity index (χ3v) is 4.44. The number of Topliss-reactive ketones (excluding diaryl/α,β-unsaturated/α-hetero) is 1. The first-order chi connectivity index (χ1) is 9.66. The molecule has 1 aromatic carbocycles. The standard InChI is InChI=1S/C16H15NO2S/c1-11(18)12-6-7-14-13(10-12)4-2-8-17(14)16(19)15-5-3-9-20-15/h3,5-7,9-10H,2,4,8H2,1H3. The second kappa shape index (κ2) is 5.21. The lowest BCUT2D eigenvalue weighted by molar-refractivity contribution is 0.0987. The molecule has 1 aliphatic heterocycles. The van der Waals surface area contributed by atoms with Crippen LogP contribution in [0, 0.1) is 0 Å². The van der Waals surface area contributed by atoms with E-state index in [2.05, 4.69) is 0 Å². The molecule has 1 aliphatic rings. The number of carbonyl (C=O) groups excluding carboxylic acids is 2. The molecule has 0 aliphatic carbocycles. The van der Waals surface area contributed by atoms with E-state index in [-0.39, 0.29) is 11.7 Å². The summed E-state index contributed by atoms with van der Waals surface area (Å²) in [6, 6.07) is 9.37. The van der Waals surface area contributed by atoms with Crippen LogP contribution in [0.1, 0.15) is 38.9 Å². The van der Waals surface area contributed by atoms with Gasteiger partial charge in [-0.25, -0.2) is 0 Å². The summed E-state index contributed by atoms with van der Waals surface area (Å²) in [5.74, 6) is 0.117. The second-order valence-corrected chi connectivity index (χ2v) is 5.89. The van der Waals surface area contributed by atoms with E-state index in [0.717, 1.165) is 35.5 Å². The van der Waals surface area contributed by atoms with Gasteiger partial charge in [0.25, 0.3) is 5.91 Å². The van der Waals surface area contributed by atoms with Crippen molar-refractivity contribution in [3.05, 3.63) is 51.7 Å². The van der Waals surface area contributed by atoms with Crippen LogP contribution in [0.3, 0.4) is 0 Å². The van der Waals surface area contributed by atoms with E-state index in [9.17, 15) is 9.59 Å². The van der Waals surface area contributed by atoms with Crippen LogP contribution >= 0.6 is 11.3 Å². The van der Waals surface area contributed by atoms with E-state index in [1.165, 1.54) is 11.3 Å². The fourth-order valence-corrected chi connectivity index (χ4v) is 3.23. The van der Waals surface area contributed by atoms with Crippen LogP contribution in [0.15, 0.2) is 35.7 Å². The van der Waals surface area contributed by atoms with Crippen molar-refractivity contribution in [2.45, 2.75) is 19.8 Å². The van der Waals surface area contributed by atoms with Gasteiger partial charge in [-0.3, -0.25) is 9.59 Å². The molecule has 3 nitrogen and oxygen atoms in total. The summed E-state index contributed by atoms with van der Waals surface area (Å²) < 4.78 is 0. The molecule has 0 saturated carbocycles. The molecule has 0 radical (unpaired) electrons. The molecule has 20 heavy (non-hydrogen) atoms. The first kappa shape index (κ1) is 13.1. The summed E-state index contributed by atoms with van der Waals surface area (Å²) in [5.41, 5.74) is 2.75. The van der Waals surface area contributed by atoms with Crippen molar-refractivity contribution < 1.29 is 9.59 Å². The number of amides is 1. The number of carbonyl (C=O) groups is 2. The highest BCUT2D eigenvalue weighted by Crippen LogP contribution is 2.30. The van der Waals surface area contributed by atoms with E-state index >= 15 is 0 Å². The summed E-state index contributed by atoms with van der Waals surface area (Å²) in [7, 11) is 0. The van der Waals surface area contributed by atoms with Crippen LogP contribution in [0.25, 0.3) is 0 Å². The maximum atomic E-state index is 12.5. The number of fused-ring (bicyclic) bond motifs is 1. The van der Waals surface area contributed by atoms with Crippen molar-refractivity contribution in [2.24, 2.45) is 0 Å². The maximum absolute atomic E-state index is 12.5. The first-order valence-corrected chi connectivity index (χ1v) is 7.54. The largest absolute Gasteiger partial charge is 0.307 e. The number of aryl methyl sites for hydroxylation is 1. The number of rotatable bonds is 2. The predicted octanol–water partition coefficient (Wildman–Crippen LogP) is 3.54. The lowest BCUT2D eigenvalue weighted by atomic mass is 9.98. The highest BCUT2D eigenvalue weighted by molar-refractivity contribution is 7.12. The quantitative estimate of drug-likeness (QED) is 0.791. The van der Waals surface area contributed by atoms with E-state index in [0.29, 0.717) is 5.56 Å². The molecule has 0 unspecified atom stereocenters. The number of ketones is 1. The predicted molar refractivity (Wildman–Crippen MR) is 80.8 cm³/mol. The van der Waals surface area contributed by atoms with Crippen molar-refractivity contribution in [3.8, 4) is 0 Å². The van der Waals surface area contributed by atoms with Gasteiger partial charge in [0.05, 0.1) is 4.88 Å². The molecule has 0 bridgehead atoms. The summed E-state index contributed by atoms with van der Waals surface area (Å²) in [4.78, 5) is 26.6. The third kappa shape index (κ3) is 2.27. The smallest absolute Gasteiger partial charge is 0.268 e. The number of nitrogens with zero attached hydrogens (tertiary/aromatic N) is 1. The number of thiophene rings is 1. The molecular formula is C16H15NO2S. The summed E-state index contributed by atoms with van der Waals surface area (Å²) >= 11 is 1.46. The Labute approximate surface area is 121 Å². The van der Waals surface area contributed by atoms with Crippen LogP contribution in [-0.2, 0) is 6.42 Å². The molecule has 0 fully saturated rings. The molecule has 1 aromatic heterocycles. The zero-order chi connectivity index (χ0) is 14.1. The summed E-state index contributed by atoms with van der Waals surface area (Å²) in [6.07, 6.45) is 1.86. The number of hydrogen-bond acceptors (Lipinski definition) is 3. The molecule has 1 amide bonds. The first-order valence-electron chi connectivity index (χ1n) is 6.66. The lowest BCUT2D eigenvalue weighted by Crippen LogP contribution is -2.35. The van der Waals surface area contributed by atoms with Crippen LogP contribution in [0.5, 0.6) is 0 Å². The minimum absolute atomic E-state index is 0.0523. The third-order valence-electron chi connectivity index (χ3n) is 3.58. The van der Waals surface area contributed by atoms with Crippen LogP contribution < -0.4 is 4.90 Å². The van der Waals surface area contributed by atoms with Crippen LogP contribution in [0.2, 0.25) is 0 Å². The number of anilines is 1. The molecule has 2 heterocycles. The lowest BCUT2D eigenvalue weighted by Gasteiger charge is -2.29. The van der Waals surface area contributed by atoms with Gasteiger partial charge in [-0.2, -0.15) is 0 Å². The van der Waals surface area contributed by atoms with Crippen LogP contribution in [-0.4, -0.2) is 18.2 Å². The SMILES string of the molecule is CC(=O)c1ccc2c(c1)CCCN2C(=O)c1cccs1. The Bertz CT molecular complexity index is 661. The molecule has 0 N–H and O–H groups in total. The Morgan fingerprint density at radius 1 is 1.25 bits per heavy atom. The van der Waals surface area contributed by atoms with Gasteiger partial charge >= 0.3 is 0 Å². The zero-order valence-electron chi connectivity index (χ0n) is 11.3. The van der Waals surface area contributed by atoms with Crippen molar-refractivity contribution in [1.82, 2.24) is 0 Å². The van der Waals surface area contributed by atoms with E-state index in [4.69, 9.17) is 0 Å². The van der Waals surface area contributed by atoms with E-state index < -0.39 is 0 Å². The maximum Gasteiger partial charge on any atom is 0.268 e. The number of hydrogen-bond donors (Lipinski definition) is 0. The van der Waals surface area contributed by atoms with Crippen LogP contribution in [0.4, 0.5) is 5.69 Å². The Kier molecular flexibility index (Phi) is 3.40. The second-order valence-electron chi connectivity index (χ2n) is 4.94. The molecule has 4 heteroatoms. The molecule has 0 atom stereocenters. The monoisotopic (exact) mass is 285 g/mol. The van der Waals surface area contributed by atoms with Crippen molar-refractivity contribution in [2.75, 3.05) is 11.4 Å². The number of benzene rings is 1. The van der Waals surface area contributed by atoms with Crippen molar-refractivity contribution >= 4 is 28.7 Å². The van der Waals surface area contributed by atoms with Gasteiger partial charge in [-0.1, -0.05) is 6.07 Å². The molecule has 0 saturated heterocycles. The van der Waals surface area contributed by atoms with E-state index in [1.807, 2.05) is 34.5 Å². The highest BCUT2D eigenvalue weighted by atomic mass is 32.1. The van der Waals surface area contributed by atoms with Crippen molar-refractivity contribution in [1.29, 1.82) is 0 Å². The van der Waals surface area contributed by atoms with Gasteiger partial charge in [0.1, 0.15) is 0 Å². The summed E-state index contributed by atoms with van der Waals surface area (Å²) in [6.45, 7) is 2.31. The highest BCUT2D eigenvalue weighted by Gasteiger charge is 2.24. The van der Waals surface area contributed by atoms with Gasteiger partial charge in [-0.15, -0.1) is 11.3 Å². The molecule has 102 valence electrons. The molecule has 3 rings (SSSR count). The topological polar surface area (TPSA) is 37.4 Å². The minimum atomic E-state index is 0.0523. The Balaban J connectivity index is 1.98. The molecule has 2 aromatic rings. The summed E-state index contributed by atoms with van der Waals surface area (Å²) in [5, 5.41) is 1.91. The van der Waals surface area contributed by atoms with E-state index in [1.54, 1.807) is 13.0 Å². The fourth-order valence-electron chi connectivity index (χ4n) is 2.56. The Morgan fingerprint density at radius 3 is 2.80 bits per heavy atom. The Hall–Kier alpha value is -1.94. The van der Waals surface area contributed by atoms with Gasteiger partial charge in [0.2, 0.25) is 0 Å².